The molecule has 176 valence electrons. The van der Waals surface area contributed by atoms with Crippen LogP contribution >= 0.6 is 0 Å². The number of piperidine rings is 1. The van der Waals surface area contributed by atoms with Crippen molar-refractivity contribution < 1.29 is 31.4 Å². The number of nitrogens with zero attached hydrogens (tertiary/aromatic N) is 2. The van der Waals surface area contributed by atoms with Gasteiger partial charge in [0.05, 0.1) is 13.2 Å². The van der Waals surface area contributed by atoms with Crippen LogP contribution in [0, 0.1) is 0 Å². The highest BCUT2D eigenvalue weighted by Gasteiger charge is 2.40. The van der Waals surface area contributed by atoms with Crippen molar-refractivity contribution in [2.24, 2.45) is 0 Å². The van der Waals surface area contributed by atoms with Gasteiger partial charge in [-0.2, -0.15) is 0 Å². The molecule has 1 unspecified atom stereocenters. The van der Waals surface area contributed by atoms with Gasteiger partial charge >= 0.3 is 0 Å². The molecule has 0 bridgehead atoms. The number of morpholine rings is 1. The van der Waals surface area contributed by atoms with Crippen molar-refractivity contribution >= 4 is 23.6 Å². The first kappa shape index (κ1) is 19.7. The number of hydrogen-bond acceptors (Lipinski definition) is 6. The van der Waals surface area contributed by atoms with Gasteiger partial charge in [0.25, 0.3) is 5.91 Å². The highest BCUT2D eigenvalue weighted by atomic mass is 16.5. The zero-order chi connectivity index (χ0) is 25.4. The second-order valence-electron chi connectivity index (χ2n) is 8.38. The maximum absolute atomic E-state index is 13.1. The normalized spacial score (nSPS) is 22.8. The van der Waals surface area contributed by atoms with Crippen LogP contribution in [0.1, 0.15) is 42.6 Å². The van der Waals surface area contributed by atoms with Gasteiger partial charge in [-0.15, -0.1) is 0 Å². The summed E-state index contributed by atoms with van der Waals surface area (Å²) in [6.07, 6.45) is -2.67. The SMILES string of the molecule is [2H]C1([2H])CC(=O)NC(=O)C1N1Cc2c(OCc3ccc(CN4CCOCC4=O)cc3)cccc2C1=O. The minimum absolute atomic E-state index is 0.00262. The van der Waals surface area contributed by atoms with Crippen molar-refractivity contribution in [1.82, 2.24) is 15.1 Å². The number of fused-ring (bicyclic) bond motifs is 1. The van der Waals surface area contributed by atoms with E-state index in [1.807, 2.05) is 24.3 Å². The molecule has 34 heavy (non-hydrogen) atoms. The molecule has 0 aliphatic carbocycles. The first-order chi connectivity index (χ1) is 17.2. The number of nitrogens with one attached hydrogen (secondary N) is 1. The molecule has 2 saturated heterocycles. The van der Waals surface area contributed by atoms with Gasteiger partial charge in [0, 0.05) is 33.4 Å². The van der Waals surface area contributed by atoms with E-state index in [0.717, 1.165) is 11.1 Å². The van der Waals surface area contributed by atoms with E-state index in [2.05, 4.69) is 5.32 Å². The Kier molecular flexibility index (Phi) is 5.37. The van der Waals surface area contributed by atoms with E-state index in [9.17, 15) is 19.2 Å². The summed E-state index contributed by atoms with van der Waals surface area (Å²) in [4.78, 5) is 52.0. The Hall–Kier alpha value is -3.72. The molecular formula is C25H25N3O6. The molecule has 3 aliphatic rings. The number of carbonyl (C=O) groups excluding carboxylic acids is 4. The van der Waals surface area contributed by atoms with E-state index >= 15 is 0 Å². The minimum Gasteiger partial charge on any atom is -0.489 e. The van der Waals surface area contributed by atoms with Crippen LogP contribution in [0.25, 0.3) is 0 Å². The van der Waals surface area contributed by atoms with Crippen molar-refractivity contribution in [2.75, 3.05) is 19.8 Å². The van der Waals surface area contributed by atoms with Gasteiger partial charge in [-0.3, -0.25) is 24.5 Å². The number of hydrogen-bond donors (Lipinski definition) is 1. The maximum Gasteiger partial charge on any atom is 0.255 e. The van der Waals surface area contributed by atoms with Crippen molar-refractivity contribution in [3.05, 3.63) is 64.7 Å². The molecule has 5 rings (SSSR count). The largest absolute Gasteiger partial charge is 0.489 e. The Morgan fingerprint density at radius 2 is 1.88 bits per heavy atom. The second kappa shape index (κ2) is 9.26. The summed E-state index contributed by atoms with van der Waals surface area (Å²) >= 11 is 0. The lowest BCUT2D eigenvalue weighted by molar-refractivity contribution is -0.143. The Bertz CT molecular complexity index is 1230. The Morgan fingerprint density at radius 3 is 2.65 bits per heavy atom. The standard InChI is InChI=1S/C25H25N3O6/c29-22-9-8-20(24(31)26-22)28-13-19-18(25(28)32)2-1-3-21(19)34-14-17-6-4-16(5-7-17)12-27-10-11-33-15-23(27)30/h1-7,20H,8-15H2,(H,26,29,31)/i8D2. The summed E-state index contributed by atoms with van der Waals surface area (Å²) in [5, 5.41) is 2.13. The summed E-state index contributed by atoms with van der Waals surface area (Å²) < 4.78 is 27.6. The fourth-order valence-electron chi connectivity index (χ4n) is 4.29. The van der Waals surface area contributed by atoms with Gasteiger partial charge in [-0.05, 0) is 29.6 Å². The molecule has 0 radical (unpaired) electrons. The van der Waals surface area contributed by atoms with Gasteiger partial charge in [-0.1, -0.05) is 30.3 Å². The molecule has 0 saturated carbocycles. The number of rotatable bonds is 6. The molecule has 0 spiro atoms. The van der Waals surface area contributed by atoms with Crippen LogP contribution in [0.2, 0.25) is 0 Å². The number of benzene rings is 2. The van der Waals surface area contributed by atoms with Gasteiger partial charge in [0.15, 0.2) is 0 Å². The predicted octanol–water partition coefficient (Wildman–Crippen LogP) is 1.39. The third kappa shape index (κ3) is 4.38. The van der Waals surface area contributed by atoms with Crippen molar-refractivity contribution in [1.29, 1.82) is 0 Å². The highest BCUT2D eigenvalue weighted by Crippen LogP contribution is 2.34. The third-order valence-electron chi connectivity index (χ3n) is 6.11. The lowest BCUT2D eigenvalue weighted by Crippen LogP contribution is -2.52. The average Bonchev–Trinajstić information content (AvgIpc) is 3.15. The van der Waals surface area contributed by atoms with Crippen LogP contribution < -0.4 is 10.1 Å². The average molecular weight is 466 g/mol. The Labute approximate surface area is 199 Å². The molecule has 2 aromatic carbocycles. The molecule has 9 heteroatoms. The molecule has 1 N–H and O–H groups in total. The van der Waals surface area contributed by atoms with E-state index < -0.39 is 36.6 Å². The molecule has 9 nitrogen and oxygen atoms in total. The zero-order valence-electron chi connectivity index (χ0n) is 20.4. The summed E-state index contributed by atoms with van der Waals surface area (Å²) in [5.41, 5.74) is 2.81. The van der Waals surface area contributed by atoms with Crippen LogP contribution in [0.5, 0.6) is 5.75 Å². The smallest absolute Gasteiger partial charge is 0.255 e. The van der Waals surface area contributed by atoms with E-state index in [-0.39, 0.29) is 25.7 Å². The monoisotopic (exact) mass is 465 g/mol. The van der Waals surface area contributed by atoms with E-state index in [0.29, 0.717) is 36.6 Å². The van der Waals surface area contributed by atoms with Crippen molar-refractivity contribution in [3.8, 4) is 5.75 Å². The molecule has 2 aromatic rings. The van der Waals surface area contributed by atoms with Crippen molar-refractivity contribution in [3.63, 3.8) is 0 Å². The van der Waals surface area contributed by atoms with E-state index in [4.69, 9.17) is 12.2 Å². The lowest BCUT2D eigenvalue weighted by Gasteiger charge is -2.29. The summed E-state index contributed by atoms with van der Waals surface area (Å²) in [6, 6.07) is 11.3. The van der Waals surface area contributed by atoms with Gasteiger partial charge in [-0.25, -0.2) is 0 Å². The third-order valence-corrected chi connectivity index (χ3v) is 6.11. The van der Waals surface area contributed by atoms with Gasteiger partial charge < -0.3 is 19.3 Å². The van der Waals surface area contributed by atoms with Crippen LogP contribution in [-0.2, 0) is 38.8 Å². The quantitative estimate of drug-likeness (QED) is 0.647. The molecule has 2 fully saturated rings. The van der Waals surface area contributed by atoms with Crippen LogP contribution in [0.15, 0.2) is 42.5 Å². The maximum atomic E-state index is 13.1. The molecule has 3 aliphatic heterocycles. The van der Waals surface area contributed by atoms with Gasteiger partial charge in [0.2, 0.25) is 17.7 Å². The molecule has 0 aromatic heterocycles. The first-order valence-corrected chi connectivity index (χ1v) is 11.1. The number of carbonyl (C=O) groups is 4. The zero-order valence-corrected chi connectivity index (χ0v) is 18.4. The fourth-order valence-corrected chi connectivity index (χ4v) is 4.29. The molecule has 3 heterocycles. The molecule has 4 amide bonds. The molecular weight excluding hydrogens is 438 g/mol. The highest BCUT2D eigenvalue weighted by molar-refractivity contribution is 6.05. The summed E-state index contributed by atoms with van der Waals surface area (Å²) in [7, 11) is 0. The summed E-state index contributed by atoms with van der Waals surface area (Å²) in [6.45, 7) is 1.97. The van der Waals surface area contributed by atoms with Gasteiger partial charge in [0.1, 0.15) is 25.0 Å². The number of amides is 4. The van der Waals surface area contributed by atoms with E-state index in [1.165, 1.54) is 4.90 Å². The Balaban J connectivity index is 1.27. The van der Waals surface area contributed by atoms with Crippen molar-refractivity contribution in [2.45, 2.75) is 38.5 Å². The van der Waals surface area contributed by atoms with Crippen LogP contribution in [-0.4, -0.2) is 59.2 Å². The van der Waals surface area contributed by atoms with Crippen LogP contribution in [0.3, 0.4) is 0 Å². The minimum atomic E-state index is -2.17. The topological polar surface area (TPSA) is 105 Å². The van der Waals surface area contributed by atoms with Crippen LogP contribution in [0.4, 0.5) is 0 Å². The Morgan fingerprint density at radius 1 is 1.09 bits per heavy atom. The fraction of sp³-hybridized carbons (Fsp3) is 0.360. The first-order valence-electron chi connectivity index (χ1n) is 12.1. The molecule has 1 atom stereocenters. The summed E-state index contributed by atoms with van der Waals surface area (Å²) in [5.74, 6) is -1.55. The number of imide groups is 1. The second-order valence-corrected chi connectivity index (χ2v) is 8.38. The number of ether oxygens (including phenoxy) is 2. The van der Waals surface area contributed by atoms with E-state index in [1.54, 1.807) is 23.1 Å². The predicted molar refractivity (Wildman–Crippen MR) is 119 cm³/mol. The lowest BCUT2D eigenvalue weighted by atomic mass is 10.0.